The number of hydrogen-bond acceptors (Lipinski definition) is 4. The van der Waals surface area contributed by atoms with E-state index in [0.29, 0.717) is 23.7 Å². The summed E-state index contributed by atoms with van der Waals surface area (Å²) in [5, 5.41) is 1.79. The first-order valence-corrected chi connectivity index (χ1v) is 12.0. The molecule has 1 fully saturated rings. The normalized spacial score (nSPS) is 14.8. The van der Waals surface area contributed by atoms with Crippen LogP contribution in [0.2, 0.25) is 5.02 Å². The van der Waals surface area contributed by atoms with Crippen LogP contribution >= 0.6 is 24.0 Å². The van der Waals surface area contributed by atoms with Crippen LogP contribution in [0.15, 0.2) is 78.3 Å². The summed E-state index contributed by atoms with van der Waals surface area (Å²) in [4.78, 5) is 18.9. The molecule has 0 aliphatic carbocycles. The standard InChI is InChI=1S/C24H22ClN3O3S.ClH/c25-22-10-4-19(5-11-22)12-18-32(30,31)28-16-14-27(15-17-28)24(29)21-8-6-20(7-9-21)23-3-1-2-13-26-23;/h1-13,18H,14-17H2;1H/b18-12+;. The number of carbonyl (C=O) groups is 1. The van der Waals surface area contributed by atoms with Crippen molar-refractivity contribution in [2.24, 2.45) is 0 Å². The lowest BCUT2D eigenvalue weighted by Crippen LogP contribution is -2.50. The highest BCUT2D eigenvalue weighted by atomic mass is 35.5. The lowest BCUT2D eigenvalue weighted by atomic mass is 10.1. The molecule has 0 N–H and O–H groups in total. The zero-order valence-corrected chi connectivity index (χ0v) is 20.1. The molecule has 1 aromatic heterocycles. The van der Waals surface area contributed by atoms with Crippen LogP contribution in [0.1, 0.15) is 15.9 Å². The maximum atomic E-state index is 12.9. The molecule has 3 aromatic rings. The third-order valence-corrected chi connectivity index (χ3v) is 7.10. The van der Waals surface area contributed by atoms with Crippen LogP contribution in [0, 0.1) is 0 Å². The molecule has 0 unspecified atom stereocenters. The van der Waals surface area contributed by atoms with Crippen molar-refractivity contribution in [2.75, 3.05) is 26.2 Å². The van der Waals surface area contributed by atoms with Crippen molar-refractivity contribution in [3.63, 3.8) is 0 Å². The molecule has 9 heteroatoms. The Morgan fingerprint density at radius 2 is 1.58 bits per heavy atom. The first kappa shape index (κ1) is 24.9. The van der Waals surface area contributed by atoms with Crippen LogP contribution in [-0.2, 0) is 10.0 Å². The molecular formula is C24H23Cl2N3O3S. The summed E-state index contributed by atoms with van der Waals surface area (Å²) in [5.41, 5.74) is 3.10. The molecule has 0 atom stereocenters. The van der Waals surface area contributed by atoms with Gasteiger partial charge in [-0.3, -0.25) is 9.78 Å². The predicted molar refractivity (Wildman–Crippen MR) is 134 cm³/mol. The molecule has 1 amide bonds. The van der Waals surface area contributed by atoms with Gasteiger partial charge in [-0.05, 0) is 48.0 Å². The Morgan fingerprint density at radius 1 is 0.909 bits per heavy atom. The van der Waals surface area contributed by atoms with Gasteiger partial charge in [-0.1, -0.05) is 41.9 Å². The van der Waals surface area contributed by atoms with Crippen LogP contribution in [-0.4, -0.2) is 54.7 Å². The van der Waals surface area contributed by atoms with Gasteiger partial charge >= 0.3 is 0 Å². The van der Waals surface area contributed by atoms with Gasteiger partial charge in [0.05, 0.1) is 5.69 Å². The Morgan fingerprint density at radius 3 is 2.18 bits per heavy atom. The van der Waals surface area contributed by atoms with Gasteiger partial charge in [0.25, 0.3) is 5.91 Å². The van der Waals surface area contributed by atoms with E-state index in [2.05, 4.69) is 4.98 Å². The molecule has 2 heterocycles. The van der Waals surface area contributed by atoms with E-state index in [0.717, 1.165) is 16.8 Å². The Bertz CT molecular complexity index is 1210. The van der Waals surface area contributed by atoms with Gasteiger partial charge < -0.3 is 4.90 Å². The molecule has 2 aromatic carbocycles. The summed E-state index contributed by atoms with van der Waals surface area (Å²) in [7, 11) is -3.57. The molecule has 4 rings (SSSR count). The van der Waals surface area contributed by atoms with Gasteiger partial charge in [0.15, 0.2) is 0 Å². The SMILES string of the molecule is Cl.O=C(c1ccc(-c2ccccn2)cc1)N1CCN(S(=O)(=O)/C=C/c2ccc(Cl)cc2)CC1. The smallest absolute Gasteiger partial charge is 0.253 e. The molecule has 6 nitrogen and oxygen atoms in total. The van der Waals surface area contributed by atoms with Gasteiger partial charge in [-0.25, -0.2) is 8.42 Å². The van der Waals surface area contributed by atoms with Crippen LogP contribution < -0.4 is 0 Å². The number of benzene rings is 2. The van der Waals surface area contributed by atoms with Crippen molar-refractivity contribution in [1.29, 1.82) is 0 Å². The van der Waals surface area contributed by atoms with Crippen LogP contribution in [0.5, 0.6) is 0 Å². The Labute approximate surface area is 205 Å². The average Bonchev–Trinajstić information content (AvgIpc) is 2.84. The second kappa shape index (κ2) is 10.9. The molecule has 33 heavy (non-hydrogen) atoms. The average molecular weight is 504 g/mol. The molecule has 0 radical (unpaired) electrons. The number of hydrogen-bond donors (Lipinski definition) is 0. The lowest BCUT2D eigenvalue weighted by molar-refractivity contribution is 0.0698. The van der Waals surface area contributed by atoms with Crippen molar-refractivity contribution < 1.29 is 13.2 Å². The minimum atomic E-state index is -3.57. The molecule has 0 saturated carbocycles. The second-order valence-corrected chi connectivity index (χ2v) is 9.64. The zero-order chi connectivity index (χ0) is 22.6. The maximum Gasteiger partial charge on any atom is 0.253 e. The van der Waals surface area contributed by atoms with Gasteiger partial charge in [0.2, 0.25) is 10.0 Å². The summed E-state index contributed by atoms with van der Waals surface area (Å²) in [6.07, 6.45) is 3.28. The van der Waals surface area contributed by atoms with Gasteiger partial charge in [0, 0.05) is 53.9 Å². The molecule has 0 bridgehead atoms. The molecular weight excluding hydrogens is 481 g/mol. The molecule has 172 valence electrons. The number of halogens is 2. The second-order valence-electron chi connectivity index (χ2n) is 7.38. The van der Waals surface area contributed by atoms with Crippen molar-refractivity contribution in [3.05, 3.63) is 94.5 Å². The predicted octanol–water partition coefficient (Wildman–Crippen LogP) is 4.58. The minimum absolute atomic E-state index is 0. The van der Waals surface area contributed by atoms with E-state index < -0.39 is 10.0 Å². The van der Waals surface area contributed by atoms with E-state index in [1.165, 1.54) is 9.71 Å². The Balaban J connectivity index is 0.00000306. The number of piperazine rings is 1. The zero-order valence-electron chi connectivity index (χ0n) is 17.7. The topological polar surface area (TPSA) is 70.6 Å². The Hall–Kier alpha value is -2.71. The highest BCUT2D eigenvalue weighted by molar-refractivity contribution is 7.92. The van der Waals surface area contributed by atoms with Gasteiger partial charge in [-0.15, -0.1) is 12.4 Å². The van der Waals surface area contributed by atoms with Crippen LogP contribution in [0.25, 0.3) is 17.3 Å². The number of aromatic nitrogens is 1. The monoisotopic (exact) mass is 503 g/mol. The molecule has 1 saturated heterocycles. The quantitative estimate of drug-likeness (QED) is 0.510. The van der Waals surface area contributed by atoms with Crippen molar-refractivity contribution in [2.45, 2.75) is 0 Å². The summed E-state index contributed by atoms with van der Waals surface area (Å²) in [6.45, 7) is 1.19. The van der Waals surface area contributed by atoms with E-state index in [-0.39, 0.29) is 31.4 Å². The van der Waals surface area contributed by atoms with E-state index in [4.69, 9.17) is 11.6 Å². The fraction of sp³-hybridized carbons (Fsp3) is 0.167. The number of nitrogens with zero attached hydrogens (tertiary/aromatic N) is 3. The van der Waals surface area contributed by atoms with E-state index in [9.17, 15) is 13.2 Å². The van der Waals surface area contributed by atoms with E-state index in [1.54, 1.807) is 53.6 Å². The Kier molecular flexibility index (Phi) is 8.26. The van der Waals surface area contributed by atoms with Gasteiger partial charge in [0.1, 0.15) is 0 Å². The summed E-state index contributed by atoms with van der Waals surface area (Å²) >= 11 is 5.86. The summed E-state index contributed by atoms with van der Waals surface area (Å²) < 4.78 is 26.7. The summed E-state index contributed by atoms with van der Waals surface area (Å²) in [5.74, 6) is -0.105. The molecule has 0 spiro atoms. The van der Waals surface area contributed by atoms with Crippen molar-refractivity contribution in [1.82, 2.24) is 14.2 Å². The fourth-order valence-corrected chi connectivity index (χ4v) is 4.77. The fourth-order valence-electron chi connectivity index (χ4n) is 3.47. The van der Waals surface area contributed by atoms with Gasteiger partial charge in [-0.2, -0.15) is 4.31 Å². The number of rotatable bonds is 5. The lowest BCUT2D eigenvalue weighted by Gasteiger charge is -2.33. The van der Waals surface area contributed by atoms with Crippen LogP contribution in [0.3, 0.4) is 0 Å². The van der Waals surface area contributed by atoms with E-state index >= 15 is 0 Å². The number of pyridine rings is 1. The highest BCUT2D eigenvalue weighted by Crippen LogP contribution is 2.19. The van der Waals surface area contributed by atoms with Crippen molar-refractivity contribution in [3.8, 4) is 11.3 Å². The molecule has 1 aliphatic rings. The maximum absolute atomic E-state index is 12.9. The number of amides is 1. The number of carbonyl (C=O) groups excluding carboxylic acids is 1. The third-order valence-electron chi connectivity index (χ3n) is 5.28. The van der Waals surface area contributed by atoms with Crippen molar-refractivity contribution >= 4 is 46.0 Å². The third kappa shape index (κ3) is 6.21. The van der Waals surface area contributed by atoms with E-state index in [1.807, 2.05) is 30.3 Å². The van der Waals surface area contributed by atoms with Crippen LogP contribution in [0.4, 0.5) is 0 Å². The first-order chi connectivity index (χ1) is 15.4. The minimum Gasteiger partial charge on any atom is -0.336 e. The first-order valence-electron chi connectivity index (χ1n) is 10.2. The molecule has 1 aliphatic heterocycles. The largest absolute Gasteiger partial charge is 0.336 e. The summed E-state index contributed by atoms with van der Waals surface area (Å²) in [6, 6.07) is 19.9. The number of sulfonamides is 1. The highest BCUT2D eigenvalue weighted by Gasteiger charge is 2.27.